The molecule has 0 heterocycles. The summed E-state index contributed by atoms with van der Waals surface area (Å²) in [6, 6.07) is 6.21. The van der Waals surface area contributed by atoms with Gasteiger partial charge >= 0.3 is 12.1 Å². The van der Waals surface area contributed by atoms with Gasteiger partial charge in [0.25, 0.3) is 0 Å². The number of benzene rings is 1. The number of hydrogen-bond donors (Lipinski definition) is 2. The van der Waals surface area contributed by atoms with Gasteiger partial charge in [0, 0.05) is 6.42 Å². The number of thioether (sulfide) groups is 1. The number of amides is 1. The molecule has 0 aliphatic carbocycles. The van der Waals surface area contributed by atoms with Crippen molar-refractivity contribution in [1.29, 1.82) is 5.26 Å². The van der Waals surface area contributed by atoms with Crippen LogP contribution in [-0.2, 0) is 20.7 Å². The van der Waals surface area contributed by atoms with E-state index in [1.165, 1.54) is 18.9 Å². The van der Waals surface area contributed by atoms with Gasteiger partial charge in [0.2, 0.25) is 0 Å². The van der Waals surface area contributed by atoms with Gasteiger partial charge in [-0.2, -0.15) is 5.26 Å². The number of carbonyl (C=O) groups excluding carboxylic acids is 2. The van der Waals surface area contributed by atoms with E-state index in [1.807, 2.05) is 6.19 Å². The third-order valence-electron chi connectivity index (χ3n) is 3.14. The predicted octanol–water partition coefficient (Wildman–Crippen LogP) is 2.72. The largest absolute Gasteiger partial charge is 0.467 e. The number of nitrogens with zero attached hydrogens (tertiary/aromatic N) is 2. The molecule has 2 N–H and O–H groups in total. The average molecular weight is 392 g/mol. The van der Waals surface area contributed by atoms with E-state index in [9.17, 15) is 9.59 Å². The first-order valence-electron chi connectivity index (χ1n) is 8.12. The highest BCUT2D eigenvalue weighted by molar-refractivity contribution is 8.13. The maximum absolute atomic E-state index is 12.0. The zero-order valence-corrected chi connectivity index (χ0v) is 16.8. The molecule has 146 valence electrons. The molecule has 0 saturated carbocycles. The van der Waals surface area contributed by atoms with Crippen LogP contribution < -0.4 is 10.6 Å². The molecular formula is C18H24N4O4S. The van der Waals surface area contributed by atoms with Crippen LogP contribution in [0.5, 0.6) is 0 Å². The standard InChI is InChI=1S/C18H24N4O4S/c1-18(2,3)26-17(24)22-14(15(23)25-4)10-12-6-8-13(9-7-12)21-16(27-5)20-11-19/h6-9,14H,10H2,1-5H3,(H,20,21)(H,22,24). The first-order chi connectivity index (χ1) is 12.7. The fourth-order valence-corrected chi connectivity index (χ4v) is 2.36. The molecule has 8 nitrogen and oxygen atoms in total. The summed E-state index contributed by atoms with van der Waals surface area (Å²) >= 11 is 1.32. The minimum atomic E-state index is -0.874. The second kappa shape index (κ2) is 10.4. The number of carbonyl (C=O) groups is 2. The SMILES string of the molecule is COC(=O)C(Cc1ccc(N=C(NC#N)SC)cc1)NC(=O)OC(C)(C)C. The summed E-state index contributed by atoms with van der Waals surface area (Å²) in [5.41, 5.74) is 0.788. The normalized spacial score (nSPS) is 12.5. The summed E-state index contributed by atoms with van der Waals surface area (Å²) in [7, 11) is 1.26. The molecule has 0 radical (unpaired) electrons. The topological polar surface area (TPSA) is 113 Å². The van der Waals surface area contributed by atoms with Gasteiger partial charge in [0.05, 0.1) is 12.8 Å². The number of aliphatic imine (C=N–C) groups is 1. The van der Waals surface area contributed by atoms with Crippen molar-refractivity contribution >= 4 is 34.7 Å². The summed E-state index contributed by atoms with van der Waals surface area (Å²) in [6.07, 6.45) is 3.18. The van der Waals surface area contributed by atoms with Gasteiger partial charge < -0.3 is 14.8 Å². The van der Waals surface area contributed by atoms with Crippen molar-refractivity contribution in [3.05, 3.63) is 29.8 Å². The number of ether oxygens (including phenoxy) is 2. The van der Waals surface area contributed by atoms with E-state index in [-0.39, 0.29) is 6.42 Å². The Labute approximate surface area is 163 Å². The number of rotatable bonds is 5. The van der Waals surface area contributed by atoms with E-state index in [0.717, 1.165) is 5.56 Å². The Bertz CT molecular complexity index is 720. The molecule has 1 amide bonds. The van der Waals surface area contributed by atoms with Crippen molar-refractivity contribution in [3.63, 3.8) is 0 Å². The van der Waals surface area contributed by atoms with E-state index in [2.05, 4.69) is 15.6 Å². The zero-order valence-electron chi connectivity index (χ0n) is 16.0. The second-order valence-corrected chi connectivity index (χ2v) is 7.25. The highest BCUT2D eigenvalue weighted by atomic mass is 32.2. The lowest BCUT2D eigenvalue weighted by Gasteiger charge is -2.22. The average Bonchev–Trinajstić information content (AvgIpc) is 2.60. The van der Waals surface area contributed by atoms with Gasteiger partial charge in [-0.05, 0) is 44.7 Å². The van der Waals surface area contributed by atoms with Crippen LogP contribution in [0.15, 0.2) is 29.3 Å². The fraction of sp³-hybridized carbons (Fsp3) is 0.444. The number of hydrogen-bond acceptors (Lipinski definition) is 7. The molecule has 27 heavy (non-hydrogen) atoms. The number of esters is 1. The van der Waals surface area contributed by atoms with Crippen molar-refractivity contribution in [3.8, 4) is 6.19 Å². The van der Waals surface area contributed by atoms with Crippen molar-refractivity contribution in [2.75, 3.05) is 13.4 Å². The minimum Gasteiger partial charge on any atom is -0.467 e. The summed E-state index contributed by atoms with van der Waals surface area (Å²) in [5, 5.41) is 14.2. The monoisotopic (exact) mass is 392 g/mol. The van der Waals surface area contributed by atoms with E-state index in [4.69, 9.17) is 14.7 Å². The Morgan fingerprint density at radius 2 is 1.93 bits per heavy atom. The molecule has 0 fully saturated rings. The van der Waals surface area contributed by atoms with Crippen LogP contribution in [0.1, 0.15) is 26.3 Å². The maximum Gasteiger partial charge on any atom is 0.408 e. The molecule has 0 aliphatic heterocycles. The smallest absolute Gasteiger partial charge is 0.408 e. The van der Waals surface area contributed by atoms with Crippen molar-refractivity contribution in [2.24, 2.45) is 4.99 Å². The van der Waals surface area contributed by atoms with E-state index in [1.54, 1.807) is 51.3 Å². The molecular weight excluding hydrogens is 368 g/mol. The van der Waals surface area contributed by atoms with Crippen LogP contribution in [-0.4, -0.2) is 42.2 Å². The highest BCUT2D eigenvalue weighted by Gasteiger charge is 2.25. The molecule has 1 unspecified atom stereocenters. The maximum atomic E-state index is 12.0. The zero-order chi connectivity index (χ0) is 20.4. The molecule has 0 aromatic heterocycles. The van der Waals surface area contributed by atoms with Gasteiger partial charge in [0.1, 0.15) is 11.6 Å². The van der Waals surface area contributed by atoms with E-state index >= 15 is 0 Å². The molecule has 0 spiro atoms. The van der Waals surface area contributed by atoms with Crippen LogP contribution in [0.25, 0.3) is 0 Å². The van der Waals surface area contributed by atoms with Gasteiger partial charge in [-0.15, -0.1) is 0 Å². The third-order valence-corrected chi connectivity index (χ3v) is 3.72. The summed E-state index contributed by atoms with van der Waals surface area (Å²) in [5.74, 6) is -0.564. The number of methoxy groups -OCH3 is 1. The lowest BCUT2D eigenvalue weighted by Crippen LogP contribution is -2.45. The van der Waals surface area contributed by atoms with Crippen LogP contribution >= 0.6 is 11.8 Å². The molecule has 1 atom stereocenters. The summed E-state index contributed by atoms with van der Waals surface area (Å²) in [4.78, 5) is 28.2. The third kappa shape index (κ3) is 8.46. The molecule has 0 bridgehead atoms. The molecule has 9 heteroatoms. The second-order valence-electron chi connectivity index (χ2n) is 6.45. The van der Waals surface area contributed by atoms with Crippen LogP contribution in [0.2, 0.25) is 0 Å². The van der Waals surface area contributed by atoms with Crippen molar-refractivity contribution in [2.45, 2.75) is 38.8 Å². The van der Waals surface area contributed by atoms with E-state index < -0.39 is 23.7 Å². The summed E-state index contributed by atoms with van der Waals surface area (Å²) in [6.45, 7) is 5.22. The van der Waals surface area contributed by atoms with Crippen LogP contribution in [0, 0.1) is 11.5 Å². The van der Waals surface area contributed by atoms with Crippen molar-refractivity contribution in [1.82, 2.24) is 10.6 Å². The van der Waals surface area contributed by atoms with Crippen LogP contribution in [0.4, 0.5) is 10.5 Å². The van der Waals surface area contributed by atoms with Crippen LogP contribution in [0.3, 0.4) is 0 Å². The Balaban J connectivity index is 2.86. The van der Waals surface area contributed by atoms with E-state index in [0.29, 0.717) is 10.9 Å². The summed E-state index contributed by atoms with van der Waals surface area (Å²) < 4.78 is 9.95. The Morgan fingerprint density at radius 3 is 2.41 bits per heavy atom. The van der Waals surface area contributed by atoms with Crippen molar-refractivity contribution < 1.29 is 19.1 Å². The lowest BCUT2D eigenvalue weighted by molar-refractivity contribution is -0.143. The van der Waals surface area contributed by atoms with Gasteiger partial charge in [-0.3, -0.25) is 5.32 Å². The molecule has 1 aromatic rings. The number of nitrogens with one attached hydrogen (secondary N) is 2. The Kier molecular flexibility index (Phi) is 8.62. The molecule has 1 aromatic carbocycles. The van der Waals surface area contributed by atoms with Gasteiger partial charge in [-0.1, -0.05) is 23.9 Å². The number of nitriles is 1. The number of amidine groups is 1. The minimum absolute atomic E-state index is 0.238. The molecule has 0 saturated heterocycles. The lowest BCUT2D eigenvalue weighted by atomic mass is 10.1. The predicted molar refractivity (Wildman–Crippen MR) is 105 cm³/mol. The number of alkyl carbamates (subject to hydrolysis) is 1. The Hall–Kier alpha value is -2.73. The molecule has 0 aliphatic rings. The van der Waals surface area contributed by atoms with Gasteiger partial charge in [0.15, 0.2) is 11.4 Å². The highest BCUT2D eigenvalue weighted by Crippen LogP contribution is 2.16. The first-order valence-corrected chi connectivity index (χ1v) is 9.35. The molecule has 1 rings (SSSR count). The first kappa shape index (κ1) is 22.3. The quantitative estimate of drug-likeness (QED) is 0.260. The van der Waals surface area contributed by atoms with Gasteiger partial charge in [-0.25, -0.2) is 14.6 Å². The fourth-order valence-electron chi connectivity index (χ4n) is 2.02. The Morgan fingerprint density at radius 1 is 1.30 bits per heavy atom.